The molecule has 0 aromatic rings. The summed E-state index contributed by atoms with van der Waals surface area (Å²) in [5.41, 5.74) is 2.56. The molecule has 1 unspecified atom stereocenters. The summed E-state index contributed by atoms with van der Waals surface area (Å²) in [6, 6.07) is -0.384. The highest BCUT2D eigenvalue weighted by Crippen LogP contribution is 2.02. The van der Waals surface area contributed by atoms with E-state index in [-0.39, 0.29) is 17.9 Å². The molecule has 4 nitrogen and oxygen atoms in total. The van der Waals surface area contributed by atoms with Gasteiger partial charge in [-0.25, -0.2) is 0 Å². The maximum Gasteiger partial charge on any atom is 0.325 e. The van der Waals surface area contributed by atoms with Crippen molar-refractivity contribution < 1.29 is 14.4 Å². The van der Waals surface area contributed by atoms with E-state index in [2.05, 4.69) is 15.1 Å². The Kier molecular flexibility index (Phi) is 4.81. The molecule has 0 amide bonds. The zero-order valence-corrected chi connectivity index (χ0v) is 7.38. The molecule has 0 heterocycles. The number of hydroxylamine groups is 1. The zero-order valence-electron chi connectivity index (χ0n) is 7.38. The predicted octanol–water partition coefficient (Wildman–Crippen LogP) is 0.335. The fourth-order valence-corrected chi connectivity index (χ4v) is 0.710. The van der Waals surface area contributed by atoms with E-state index >= 15 is 0 Å². The van der Waals surface area contributed by atoms with Crippen molar-refractivity contribution in [2.75, 3.05) is 14.2 Å². The van der Waals surface area contributed by atoms with Crippen LogP contribution in [-0.2, 0) is 14.4 Å². The molecular formula is C7H15NO3. The van der Waals surface area contributed by atoms with Crippen molar-refractivity contribution in [1.29, 1.82) is 0 Å². The normalized spacial score (nSPS) is 13.2. The Balaban J connectivity index is 3.98. The van der Waals surface area contributed by atoms with Gasteiger partial charge in [-0.1, -0.05) is 13.8 Å². The van der Waals surface area contributed by atoms with Gasteiger partial charge in [0, 0.05) is 0 Å². The molecule has 0 spiro atoms. The lowest BCUT2D eigenvalue weighted by Gasteiger charge is -2.17. The number of carbonyl (C=O) groups is 1. The first kappa shape index (κ1) is 10.4. The Bertz CT molecular complexity index is 125. The van der Waals surface area contributed by atoms with E-state index in [4.69, 9.17) is 0 Å². The summed E-state index contributed by atoms with van der Waals surface area (Å²) in [5, 5.41) is 0. The van der Waals surface area contributed by atoms with Gasteiger partial charge in [-0.2, -0.15) is 5.48 Å². The molecule has 0 radical (unpaired) electrons. The molecule has 11 heavy (non-hydrogen) atoms. The van der Waals surface area contributed by atoms with Crippen LogP contribution in [0.3, 0.4) is 0 Å². The molecule has 0 aliphatic heterocycles. The van der Waals surface area contributed by atoms with Crippen LogP contribution in [0.4, 0.5) is 0 Å². The van der Waals surface area contributed by atoms with Gasteiger partial charge < -0.3 is 9.57 Å². The summed E-state index contributed by atoms with van der Waals surface area (Å²) in [4.78, 5) is 15.6. The van der Waals surface area contributed by atoms with E-state index in [1.165, 1.54) is 14.2 Å². The monoisotopic (exact) mass is 161 g/mol. The summed E-state index contributed by atoms with van der Waals surface area (Å²) in [6.45, 7) is 3.82. The van der Waals surface area contributed by atoms with E-state index in [0.29, 0.717) is 0 Å². The van der Waals surface area contributed by atoms with Gasteiger partial charge in [-0.15, -0.1) is 0 Å². The van der Waals surface area contributed by atoms with Crippen LogP contribution in [0.2, 0.25) is 0 Å². The molecule has 0 fully saturated rings. The largest absolute Gasteiger partial charge is 0.468 e. The minimum absolute atomic E-state index is 0.155. The number of hydrogen-bond acceptors (Lipinski definition) is 4. The second-order valence-corrected chi connectivity index (χ2v) is 2.57. The third kappa shape index (κ3) is 3.34. The number of carbonyl (C=O) groups excluding carboxylic acids is 1. The number of esters is 1. The van der Waals surface area contributed by atoms with Gasteiger partial charge in [-0.05, 0) is 5.92 Å². The Labute approximate surface area is 66.8 Å². The summed E-state index contributed by atoms with van der Waals surface area (Å²) in [7, 11) is 2.83. The van der Waals surface area contributed by atoms with Crippen LogP contribution in [0.5, 0.6) is 0 Å². The molecule has 1 N–H and O–H groups in total. The molecule has 0 aliphatic rings. The van der Waals surface area contributed by atoms with Gasteiger partial charge in [0.1, 0.15) is 6.04 Å². The standard InChI is InChI=1S/C7H15NO3/c1-5(2)6(8-11-4)7(9)10-3/h5-6,8H,1-4H3. The second-order valence-electron chi connectivity index (χ2n) is 2.57. The van der Waals surface area contributed by atoms with E-state index < -0.39 is 0 Å². The van der Waals surface area contributed by atoms with E-state index in [1.54, 1.807) is 0 Å². The first-order chi connectivity index (χ1) is 5.13. The molecule has 0 rings (SSSR count). The summed E-state index contributed by atoms with van der Waals surface area (Å²) in [5.74, 6) is -0.149. The fraction of sp³-hybridized carbons (Fsp3) is 0.857. The molecule has 66 valence electrons. The Morgan fingerprint density at radius 1 is 1.36 bits per heavy atom. The van der Waals surface area contributed by atoms with Gasteiger partial charge in [0.2, 0.25) is 0 Å². The highest BCUT2D eigenvalue weighted by Gasteiger charge is 2.22. The van der Waals surface area contributed by atoms with Crippen molar-refractivity contribution in [2.24, 2.45) is 5.92 Å². The first-order valence-electron chi connectivity index (χ1n) is 3.49. The van der Waals surface area contributed by atoms with Crippen LogP contribution in [0.15, 0.2) is 0 Å². The van der Waals surface area contributed by atoms with Crippen LogP contribution in [0.25, 0.3) is 0 Å². The number of ether oxygens (including phenoxy) is 1. The maximum atomic E-state index is 11.0. The van der Waals surface area contributed by atoms with Crippen molar-refractivity contribution in [1.82, 2.24) is 5.48 Å². The van der Waals surface area contributed by atoms with Gasteiger partial charge >= 0.3 is 5.97 Å². The lowest BCUT2D eigenvalue weighted by Crippen LogP contribution is -2.41. The van der Waals surface area contributed by atoms with Gasteiger partial charge in [0.05, 0.1) is 14.2 Å². The number of hydrogen-bond donors (Lipinski definition) is 1. The molecule has 0 aliphatic carbocycles. The molecule has 1 atom stereocenters. The smallest absolute Gasteiger partial charge is 0.325 e. The highest BCUT2D eigenvalue weighted by molar-refractivity contribution is 5.75. The summed E-state index contributed by atoms with van der Waals surface area (Å²) in [6.07, 6.45) is 0. The average molecular weight is 161 g/mol. The topological polar surface area (TPSA) is 47.6 Å². The fourth-order valence-electron chi connectivity index (χ4n) is 0.710. The third-order valence-corrected chi connectivity index (χ3v) is 1.37. The van der Waals surface area contributed by atoms with Crippen molar-refractivity contribution in [3.05, 3.63) is 0 Å². The van der Waals surface area contributed by atoms with Crippen molar-refractivity contribution in [3.8, 4) is 0 Å². The zero-order chi connectivity index (χ0) is 8.85. The molecule has 4 heteroatoms. The van der Waals surface area contributed by atoms with Crippen LogP contribution < -0.4 is 5.48 Å². The number of rotatable bonds is 4. The van der Waals surface area contributed by atoms with Crippen LogP contribution >= 0.6 is 0 Å². The molecular weight excluding hydrogens is 146 g/mol. The summed E-state index contributed by atoms with van der Waals surface area (Å²) >= 11 is 0. The van der Waals surface area contributed by atoms with Crippen LogP contribution in [0.1, 0.15) is 13.8 Å². The van der Waals surface area contributed by atoms with E-state index in [1.807, 2.05) is 13.8 Å². The highest BCUT2D eigenvalue weighted by atomic mass is 16.6. The van der Waals surface area contributed by atoms with E-state index in [0.717, 1.165) is 0 Å². The van der Waals surface area contributed by atoms with Gasteiger partial charge in [0.25, 0.3) is 0 Å². The van der Waals surface area contributed by atoms with Gasteiger partial charge in [-0.3, -0.25) is 4.79 Å². The molecule has 0 bridgehead atoms. The quantitative estimate of drug-likeness (QED) is 0.477. The first-order valence-corrected chi connectivity index (χ1v) is 3.49. The molecule has 0 aromatic heterocycles. The van der Waals surface area contributed by atoms with Crippen molar-refractivity contribution in [3.63, 3.8) is 0 Å². The minimum atomic E-state index is -0.384. The van der Waals surface area contributed by atoms with Gasteiger partial charge in [0.15, 0.2) is 0 Å². The second kappa shape index (κ2) is 5.09. The number of methoxy groups -OCH3 is 1. The lowest BCUT2D eigenvalue weighted by molar-refractivity contribution is -0.148. The predicted molar refractivity (Wildman–Crippen MR) is 40.8 cm³/mol. The summed E-state index contributed by atoms with van der Waals surface area (Å²) < 4.78 is 4.54. The maximum absolute atomic E-state index is 11.0. The Hall–Kier alpha value is -0.610. The third-order valence-electron chi connectivity index (χ3n) is 1.37. The average Bonchev–Trinajstić information content (AvgIpc) is 1.98. The molecule has 0 saturated heterocycles. The molecule has 0 saturated carbocycles. The van der Waals surface area contributed by atoms with Crippen molar-refractivity contribution >= 4 is 5.97 Å². The number of nitrogens with one attached hydrogen (secondary N) is 1. The van der Waals surface area contributed by atoms with E-state index in [9.17, 15) is 4.79 Å². The van der Waals surface area contributed by atoms with Crippen molar-refractivity contribution in [2.45, 2.75) is 19.9 Å². The molecule has 0 aromatic carbocycles. The van der Waals surface area contributed by atoms with Crippen LogP contribution in [-0.4, -0.2) is 26.2 Å². The SMILES string of the molecule is CONC(C(=O)OC)C(C)C. The Morgan fingerprint density at radius 3 is 2.18 bits per heavy atom. The lowest BCUT2D eigenvalue weighted by atomic mass is 10.1. The Morgan fingerprint density at radius 2 is 1.91 bits per heavy atom. The minimum Gasteiger partial charge on any atom is -0.468 e. The van der Waals surface area contributed by atoms with Crippen LogP contribution in [0, 0.1) is 5.92 Å².